The number of amides is 1. The summed E-state index contributed by atoms with van der Waals surface area (Å²) in [6, 6.07) is 20.5. The van der Waals surface area contributed by atoms with Crippen molar-refractivity contribution in [1.29, 1.82) is 0 Å². The van der Waals surface area contributed by atoms with E-state index in [1.807, 2.05) is 25.1 Å². The van der Waals surface area contributed by atoms with Crippen LogP contribution in [0.3, 0.4) is 0 Å². The minimum atomic E-state index is -3.98. The van der Waals surface area contributed by atoms with Crippen LogP contribution in [0.5, 0.6) is 5.75 Å². The molecule has 3 aromatic rings. The van der Waals surface area contributed by atoms with Crippen LogP contribution in [0.2, 0.25) is 0 Å². The number of anilines is 2. The first-order valence-corrected chi connectivity index (χ1v) is 10.8. The maximum absolute atomic E-state index is 13.4. The zero-order chi connectivity index (χ0) is 21.7. The Bertz CT molecular complexity index is 1140. The van der Waals surface area contributed by atoms with Gasteiger partial charge in [0.2, 0.25) is 5.91 Å². The monoisotopic (exact) mass is 424 g/mol. The van der Waals surface area contributed by atoms with Crippen LogP contribution in [0.15, 0.2) is 77.7 Å². The third-order valence-corrected chi connectivity index (χ3v) is 6.50. The molecule has 3 aromatic carbocycles. The lowest BCUT2D eigenvalue weighted by Gasteiger charge is -2.26. The molecule has 0 fully saturated rings. The lowest BCUT2D eigenvalue weighted by molar-refractivity contribution is -0.114. The van der Waals surface area contributed by atoms with Crippen molar-refractivity contribution in [3.05, 3.63) is 83.9 Å². The molecular formula is C23H24N2O4S. The molecule has 0 unspecified atom stereocenters. The first-order chi connectivity index (χ1) is 14.3. The molecule has 0 aliphatic carbocycles. The van der Waals surface area contributed by atoms with Gasteiger partial charge in [-0.15, -0.1) is 0 Å². The highest BCUT2D eigenvalue weighted by atomic mass is 32.2. The van der Waals surface area contributed by atoms with Gasteiger partial charge in [-0.2, -0.15) is 0 Å². The summed E-state index contributed by atoms with van der Waals surface area (Å²) in [6.07, 6.45) is 0. The fourth-order valence-electron chi connectivity index (χ4n) is 3.04. The van der Waals surface area contributed by atoms with Gasteiger partial charge < -0.3 is 10.1 Å². The molecule has 30 heavy (non-hydrogen) atoms. The zero-order valence-electron chi connectivity index (χ0n) is 17.1. The van der Waals surface area contributed by atoms with E-state index in [2.05, 4.69) is 5.32 Å². The van der Waals surface area contributed by atoms with Crippen LogP contribution in [0.4, 0.5) is 11.4 Å². The first kappa shape index (κ1) is 21.4. The van der Waals surface area contributed by atoms with E-state index in [9.17, 15) is 13.2 Å². The normalized spacial score (nSPS) is 11.0. The molecule has 7 heteroatoms. The number of para-hydroxylation sites is 1. The number of rotatable bonds is 7. The Morgan fingerprint density at radius 3 is 2.27 bits per heavy atom. The molecule has 156 valence electrons. The number of hydrogen-bond donors (Lipinski definition) is 1. The second kappa shape index (κ2) is 9.00. The minimum absolute atomic E-state index is 0.107. The first-order valence-electron chi connectivity index (χ1n) is 9.41. The largest absolute Gasteiger partial charge is 0.497 e. The Balaban J connectivity index is 2.02. The summed E-state index contributed by atoms with van der Waals surface area (Å²) in [4.78, 5) is 13.0. The number of benzene rings is 3. The lowest BCUT2D eigenvalue weighted by Crippen LogP contribution is -2.38. The maximum atomic E-state index is 13.4. The van der Waals surface area contributed by atoms with E-state index in [0.29, 0.717) is 22.7 Å². The Morgan fingerprint density at radius 1 is 0.933 bits per heavy atom. The molecule has 6 nitrogen and oxygen atoms in total. The number of nitrogens with one attached hydrogen (secondary N) is 1. The molecule has 0 atom stereocenters. The van der Waals surface area contributed by atoms with Gasteiger partial charge >= 0.3 is 0 Å². The molecule has 3 rings (SSSR count). The summed E-state index contributed by atoms with van der Waals surface area (Å²) >= 11 is 0. The molecule has 0 aliphatic rings. The van der Waals surface area contributed by atoms with E-state index < -0.39 is 15.9 Å². The van der Waals surface area contributed by atoms with Crippen molar-refractivity contribution < 1.29 is 17.9 Å². The SMILES string of the molecule is COc1ccc(C)c(N(CC(=O)Nc2ccccc2C)S(=O)(=O)c2ccccc2)c1. The predicted molar refractivity (Wildman–Crippen MR) is 119 cm³/mol. The van der Waals surface area contributed by atoms with Crippen LogP contribution < -0.4 is 14.4 Å². The highest BCUT2D eigenvalue weighted by Crippen LogP contribution is 2.30. The van der Waals surface area contributed by atoms with Crippen LogP contribution in [0.25, 0.3) is 0 Å². The minimum Gasteiger partial charge on any atom is -0.497 e. The number of carbonyl (C=O) groups excluding carboxylic acids is 1. The van der Waals surface area contributed by atoms with Crippen molar-refractivity contribution in [3.8, 4) is 5.75 Å². The van der Waals surface area contributed by atoms with Crippen LogP contribution in [-0.4, -0.2) is 28.0 Å². The van der Waals surface area contributed by atoms with Gasteiger partial charge in [-0.25, -0.2) is 8.42 Å². The molecule has 1 amide bonds. The van der Waals surface area contributed by atoms with E-state index in [4.69, 9.17) is 4.74 Å². The van der Waals surface area contributed by atoms with Crippen molar-refractivity contribution in [1.82, 2.24) is 0 Å². The van der Waals surface area contributed by atoms with Crippen molar-refractivity contribution in [3.63, 3.8) is 0 Å². The Morgan fingerprint density at radius 2 is 1.60 bits per heavy atom. The Hall–Kier alpha value is -3.32. The smallest absolute Gasteiger partial charge is 0.264 e. The van der Waals surface area contributed by atoms with Crippen LogP contribution in [0.1, 0.15) is 11.1 Å². The highest BCUT2D eigenvalue weighted by Gasteiger charge is 2.28. The van der Waals surface area contributed by atoms with Gasteiger partial charge in [0.1, 0.15) is 12.3 Å². The summed E-state index contributed by atoms with van der Waals surface area (Å²) in [6.45, 7) is 3.29. The van der Waals surface area contributed by atoms with Crippen LogP contribution >= 0.6 is 0 Å². The molecule has 0 saturated carbocycles. The zero-order valence-corrected chi connectivity index (χ0v) is 17.9. The fourth-order valence-corrected chi connectivity index (χ4v) is 4.54. The fraction of sp³-hybridized carbons (Fsp3) is 0.174. The number of sulfonamides is 1. The van der Waals surface area contributed by atoms with Gasteiger partial charge in [0.05, 0.1) is 17.7 Å². The third-order valence-electron chi connectivity index (χ3n) is 4.72. The van der Waals surface area contributed by atoms with Crippen molar-refractivity contribution >= 4 is 27.3 Å². The molecule has 1 N–H and O–H groups in total. The summed E-state index contributed by atoms with van der Waals surface area (Å²) in [7, 11) is -2.47. The molecule has 0 heterocycles. The predicted octanol–water partition coefficient (Wildman–Crippen LogP) is 4.15. The van der Waals surface area contributed by atoms with Gasteiger partial charge in [-0.1, -0.05) is 42.5 Å². The molecule has 0 bridgehead atoms. The maximum Gasteiger partial charge on any atom is 0.264 e. The summed E-state index contributed by atoms with van der Waals surface area (Å²) in [5.41, 5.74) is 2.62. The lowest BCUT2D eigenvalue weighted by atomic mass is 10.2. The van der Waals surface area contributed by atoms with E-state index >= 15 is 0 Å². The van der Waals surface area contributed by atoms with Crippen molar-refractivity contribution in [2.75, 3.05) is 23.3 Å². The number of aryl methyl sites for hydroxylation is 2. The quantitative estimate of drug-likeness (QED) is 0.618. The third kappa shape index (κ3) is 4.63. The van der Waals surface area contributed by atoms with Crippen LogP contribution in [-0.2, 0) is 14.8 Å². The Labute approximate surface area is 177 Å². The topological polar surface area (TPSA) is 75.7 Å². The van der Waals surface area contributed by atoms with Gasteiger partial charge in [0, 0.05) is 11.8 Å². The van der Waals surface area contributed by atoms with E-state index in [0.717, 1.165) is 9.87 Å². The van der Waals surface area contributed by atoms with Gasteiger partial charge in [-0.05, 0) is 49.2 Å². The average Bonchev–Trinajstić information content (AvgIpc) is 2.75. The number of hydrogen-bond acceptors (Lipinski definition) is 4. The molecule has 0 aliphatic heterocycles. The van der Waals surface area contributed by atoms with Gasteiger partial charge in [-0.3, -0.25) is 9.10 Å². The standard InChI is InChI=1S/C23H24N2O4S/c1-17-9-7-8-12-21(17)24-23(26)16-25(22-15-19(29-3)14-13-18(22)2)30(27,28)20-10-5-4-6-11-20/h4-15H,16H2,1-3H3,(H,24,26). The average molecular weight is 425 g/mol. The highest BCUT2D eigenvalue weighted by molar-refractivity contribution is 7.92. The second-order valence-corrected chi connectivity index (χ2v) is 8.70. The summed E-state index contributed by atoms with van der Waals surface area (Å²) in [5, 5.41) is 2.81. The molecule has 0 aromatic heterocycles. The second-order valence-electron chi connectivity index (χ2n) is 6.84. The van der Waals surface area contributed by atoms with Crippen molar-refractivity contribution in [2.45, 2.75) is 18.7 Å². The molecule has 0 spiro atoms. The molecule has 0 radical (unpaired) electrons. The van der Waals surface area contributed by atoms with E-state index in [1.54, 1.807) is 49.4 Å². The number of nitrogens with zero attached hydrogens (tertiary/aromatic N) is 1. The summed E-state index contributed by atoms with van der Waals surface area (Å²) < 4.78 is 33.3. The summed E-state index contributed by atoms with van der Waals surface area (Å²) in [5.74, 6) is 0.0641. The Kier molecular flexibility index (Phi) is 6.42. The molecular weight excluding hydrogens is 400 g/mol. The number of ether oxygens (including phenoxy) is 1. The molecule has 0 saturated heterocycles. The van der Waals surface area contributed by atoms with Crippen molar-refractivity contribution in [2.24, 2.45) is 0 Å². The van der Waals surface area contributed by atoms with Gasteiger partial charge in [0.25, 0.3) is 10.0 Å². The number of carbonyl (C=O) groups is 1. The van der Waals surface area contributed by atoms with E-state index in [-0.39, 0.29) is 11.4 Å². The van der Waals surface area contributed by atoms with Crippen LogP contribution in [0, 0.1) is 13.8 Å². The van der Waals surface area contributed by atoms with Gasteiger partial charge in [0.15, 0.2) is 0 Å². The number of methoxy groups -OCH3 is 1. The van der Waals surface area contributed by atoms with E-state index in [1.165, 1.54) is 19.2 Å².